The second kappa shape index (κ2) is 7.55. The molecule has 4 nitrogen and oxygen atoms in total. The predicted molar refractivity (Wildman–Crippen MR) is 81.2 cm³/mol. The number of rotatable bonds is 5. The normalized spacial score (nSPS) is 22.4. The monoisotopic (exact) mass is 294 g/mol. The lowest BCUT2D eigenvalue weighted by atomic mass is 9.83. The predicted octanol–water partition coefficient (Wildman–Crippen LogP) is 2.81. The maximum Gasteiger partial charge on any atom is 0.254 e. The van der Waals surface area contributed by atoms with Crippen LogP contribution in [0.5, 0.6) is 0 Å². The van der Waals surface area contributed by atoms with Gasteiger partial charge in [0.25, 0.3) is 5.91 Å². The number of H-pyrrole nitrogens is 1. The number of aliphatic hydroxyl groups is 1. The van der Waals surface area contributed by atoms with Crippen LogP contribution in [0.3, 0.4) is 0 Å². The van der Waals surface area contributed by atoms with E-state index in [0.29, 0.717) is 22.7 Å². The maximum absolute atomic E-state index is 11.9. The summed E-state index contributed by atoms with van der Waals surface area (Å²) in [5.41, 5.74) is 0.514. The molecular weight excluding hydrogens is 272 g/mol. The van der Waals surface area contributed by atoms with E-state index in [9.17, 15) is 9.90 Å². The van der Waals surface area contributed by atoms with E-state index in [1.54, 1.807) is 18.3 Å². The lowest BCUT2D eigenvalue weighted by molar-refractivity contribution is 0.0641. The highest BCUT2D eigenvalue weighted by atomic mass is 32.1. The van der Waals surface area contributed by atoms with Crippen LogP contribution in [-0.2, 0) is 0 Å². The molecule has 0 bridgehead atoms. The second-order valence-corrected chi connectivity index (χ2v) is 5.83. The fourth-order valence-electron chi connectivity index (χ4n) is 2.79. The Morgan fingerprint density at radius 3 is 3.00 bits per heavy atom. The van der Waals surface area contributed by atoms with Gasteiger partial charge in [0.05, 0.1) is 11.7 Å². The van der Waals surface area contributed by atoms with Gasteiger partial charge in [0.15, 0.2) is 0 Å². The first-order valence-corrected chi connectivity index (χ1v) is 7.73. The minimum atomic E-state index is -0.151. The molecule has 1 heterocycles. The van der Waals surface area contributed by atoms with Crippen molar-refractivity contribution in [1.82, 2.24) is 10.3 Å². The van der Waals surface area contributed by atoms with Crippen molar-refractivity contribution in [3.63, 3.8) is 0 Å². The third kappa shape index (κ3) is 4.15. The summed E-state index contributed by atoms with van der Waals surface area (Å²) in [6, 6.07) is 3.49. The molecule has 1 fully saturated rings. The van der Waals surface area contributed by atoms with E-state index in [1.807, 2.05) is 0 Å². The van der Waals surface area contributed by atoms with Gasteiger partial charge in [-0.3, -0.25) is 4.79 Å². The van der Waals surface area contributed by atoms with E-state index in [-0.39, 0.29) is 12.0 Å². The third-order valence-electron chi connectivity index (χ3n) is 3.97. The zero-order valence-electron chi connectivity index (χ0n) is 11.6. The number of hydrogen-bond acceptors (Lipinski definition) is 3. The highest BCUT2D eigenvalue weighted by Crippen LogP contribution is 2.27. The summed E-state index contributed by atoms with van der Waals surface area (Å²) >= 11 is 5.08. The van der Waals surface area contributed by atoms with Crippen LogP contribution in [0, 0.1) is 10.6 Å². The molecule has 5 heteroatoms. The molecule has 1 aromatic heterocycles. The molecule has 3 N–H and O–H groups in total. The highest BCUT2D eigenvalue weighted by molar-refractivity contribution is 7.71. The van der Waals surface area contributed by atoms with Crippen molar-refractivity contribution in [3.05, 3.63) is 28.5 Å². The molecule has 1 aliphatic rings. The SMILES string of the molecule is O=C(NCCC[C@H]1CCCC[C@H]1O)c1ccc[nH]c1=S. The van der Waals surface area contributed by atoms with E-state index < -0.39 is 0 Å². The molecule has 1 saturated carbocycles. The summed E-state index contributed by atoms with van der Waals surface area (Å²) in [6.45, 7) is 0.631. The van der Waals surface area contributed by atoms with Crippen LogP contribution >= 0.6 is 12.2 Å². The maximum atomic E-state index is 11.9. The molecule has 1 amide bonds. The number of carbonyl (C=O) groups excluding carboxylic acids is 1. The molecule has 0 radical (unpaired) electrons. The van der Waals surface area contributed by atoms with Gasteiger partial charge in [-0.2, -0.15) is 0 Å². The Morgan fingerprint density at radius 2 is 2.25 bits per heavy atom. The van der Waals surface area contributed by atoms with Crippen LogP contribution in [0.15, 0.2) is 18.3 Å². The van der Waals surface area contributed by atoms with Crippen LogP contribution in [0.4, 0.5) is 0 Å². The Hall–Kier alpha value is -1.20. The van der Waals surface area contributed by atoms with Crippen molar-refractivity contribution >= 4 is 18.1 Å². The lowest BCUT2D eigenvalue weighted by Crippen LogP contribution is -2.28. The smallest absolute Gasteiger partial charge is 0.254 e. The molecule has 0 saturated heterocycles. The molecule has 20 heavy (non-hydrogen) atoms. The highest BCUT2D eigenvalue weighted by Gasteiger charge is 2.22. The van der Waals surface area contributed by atoms with Gasteiger partial charge in [0.1, 0.15) is 4.64 Å². The number of nitrogens with one attached hydrogen (secondary N) is 2. The van der Waals surface area contributed by atoms with Crippen LogP contribution in [0.1, 0.15) is 48.9 Å². The first kappa shape index (κ1) is 15.2. The number of aromatic nitrogens is 1. The lowest BCUT2D eigenvalue weighted by Gasteiger charge is -2.27. The first-order valence-electron chi connectivity index (χ1n) is 7.32. The molecule has 0 aliphatic heterocycles. The van der Waals surface area contributed by atoms with Gasteiger partial charge in [-0.1, -0.05) is 25.1 Å². The molecule has 1 aliphatic carbocycles. The summed E-state index contributed by atoms with van der Waals surface area (Å²) in [5.74, 6) is 0.274. The molecule has 110 valence electrons. The van der Waals surface area contributed by atoms with Gasteiger partial charge in [-0.15, -0.1) is 0 Å². The van der Waals surface area contributed by atoms with Gasteiger partial charge in [-0.25, -0.2) is 0 Å². The molecule has 0 unspecified atom stereocenters. The Kier molecular flexibility index (Phi) is 5.73. The van der Waals surface area contributed by atoms with Crippen LogP contribution in [0.25, 0.3) is 0 Å². The zero-order valence-corrected chi connectivity index (χ0v) is 12.4. The van der Waals surface area contributed by atoms with Crippen molar-refractivity contribution in [1.29, 1.82) is 0 Å². The summed E-state index contributed by atoms with van der Waals surface area (Å²) in [6.07, 6.45) is 7.83. The molecule has 1 aromatic rings. The minimum Gasteiger partial charge on any atom is -0.393 e. The van der Waals surface area contributed by atoms with Crippen LogP contribution in [0.2, 0.25) is 0 Å². The number of aromatic amines is 1. The van der Waals surface area contributed by atoms with Crippen molar-refractivity contribution < 1.29 is 9.90 Å². The molecular formula is C15H22N2O2S. The average molecular weight is 294 g/mol. The van der Waals surface area contributed by atoms with E-state index in [2.05, 4.69) is 10.3 Å². The minimum absolute atomic E-state index is 0.129. The van der Waals surface area contributed by atoms with Crippen molar-refractivity contribution in [2.75, 3.05) is 6.54 Å². The van der Waals surface area contributed by atoms with Gasteiger partial charge in [0.2, 0.25) is 0 Å². The fourth-order valence-corrected chi connectivity index (χ4v) is 3.02. The van der Waals surface area contributed by atoms with Crippen LogP contribution < -0.4 is 5.32 Å². The van der Waals surface area contributed by atoms with E-state index >= 15 is 0 Å². The molecule has 0 aromatic carbocycles. The van der Waals surface area contributed by atoms with E-state index in [4.69, 9.17) is 12.2 Å². The quantitative estimate of drug-likeness (QED) is 0.578. The average Bonchev–Trinajstić information content (AvgIpc) is 2.45. The number of amides is 1. The number of carbonyl (C=O) groups is 1. The van der Waals surface area contributed by atoms with Gasteiger partial charge in [-0.05, 0) is 43.7 Å². The Bertz CT molecular complexity index is 501. The third-order valence-corrected chi connectivity index (χ3v) is 4.31. The van der Waals surface area contributed by atoms with E-state index in [0.717, 1.165) is 32.1 Å². The van der Waals surface area contributed by atoms with Crippen LogP contribution in [-0.4, -0.2) is 28.6 Å². The summed E-state index contributed by atoms with van der Waals surface area (Å²) in [5, 5.41) is 12.8. The zero-order chi connectivity index (χ0) is 14.4. The topological polar surface area (TPSA) is 65.1 Å². The van der Waals surface area contributed by atoms with Gasteiger partial charge >= 0.3 is 0 Å². The number of aliphatic hydroxyl groups excluding tert-OH is 1. The van der Waals surface area contributed by atoms with Crippen molar-refractivity contribution in [2.24, 2.45) is 5.92 Å². The van der Waals surface area contributed by atoms with E-state index in [1.165, 1.54) is 6.42 Å². The Labute approximate surface area is 124 Å². The number of hydrogen-bond donors (Lipinski definition) is 3. The summed E-state index contributed by atoms with van der Waals surface area (Å²) in [4.78, 5) is 14.8. The first-order chi connectivity index (χ1) is 9.68. The summed E-state index contributed by atoms with van der Waals surface area (Å²) in [7, 11) is 0. The Balaban J connectivity index is 1.72. The Morgan fingerprint density at radius 1 is 1.45 bits per heavy atom. The van der Waals surface area contributed by atoms with Crippen molar-refractivity contribution in [3.8, 4) is 0 Å². The fraction of sp³-hybridized carbons (Fsp3) is 0.600. The second-order valence-electron chi connectivity index (χ2n) is 5.42. The molecule has 2 atom stereocenters. The largest absolute Gasteiger partial charge is 0.393 e. The number of pyridine rings is 1. The summed E-state index contributed by atoms with van der Waals surface area (Å²) < 4.78 is 0.465. The molecule has 0 spiro atoms. The molecule has 2 rings (SSSR count). The van der Waals surface area contributed by atoms with Crippen molar-refractivity contribution in [2.45, 2.75) is 44.6 Å². The standard InChI is InChI=1S/C15H22N2O2S/c18-13-8-2-1-5-11(13)6-3-9-16-14(19)12-7-4-10-17-15(12)20/h4,7,10-11,13,18H,1-3,5-6,8-9H2,(H,16,19)(H,17,20)/t11-,13-/m1/s1. The van der Waals surface area contributed by atoms with Gasteiger partial charge < -0.3 is 15.4 Å². The van der Waals surface area contributed by atoms with Gasteiger partial charge in [0, 0.05) is 12.7 Å².